The molecule has 21 heavy (non-hydrogen) atoms. The second-order valence-electron chi connectivity index (χ2n) is 5.36. The Morgan fingerprint density at radius 1 is 0.952 bits per heavy atom. The molecule has 0 radical (unpaired) electrons. The van der Waals surface area contributed by atoms with Crippen molar-refractivity contribution >= 4 is 5.69 Å². The molecule has 0 unspecified atom stereocenters. The lowest BCUT2D eigenvalue weighted by molar-refractivity contribution is 0.306. The van der Waals surface area contributed by atoms with Crippen LogP contribution in [0.2, 0.25) is 0 Å². The van der Waals surface area contributed by atoms with Gasteiger partial charge in [0, 0.05) is 31.4 Å². The van der Waals surface area contributed by atoms with Crippen LogP contribution < -0.4 is 15.0 Å². The van der Waals surface area contributed by atoms with Gasteiger partial charge in [-0.15, -0.1) is 0 Å². The Morgan fingerprint density at radius 2 is 1.86 bits per heavy atom. The fourth-order valence-electron chi connectivity index (χ4n) is 2.61. The Kier molecular flexibility index (Phi) is 4.74. The third-order valence-corrected chi connectivity index (χ3v) is 3.77. The highest BCUT2D eigenvalue weighted by Gasteiger charge is 2.10. The normalized spacial score (nSPS) is 15.5. The number of hydrogen-bond acceptors (Lipinski definition) is 3. The lowest BCUT2D eigenvalue weighted by atomic mass is 10.2. The van der Waals surface area contributed by atoms with Gasteiger partial charge in [-0.2, -0.15) is 0 Å². The topological polar surface area (TPSA) is 24.5 Å². The zero-order valence-electron chi connectivity index (χ0n) is 12.3. The average molecular weight is 282 g/mol. The van der Waals surface area contributed by atoms with E-state index in [4.69, 9.17) is 4.74 Å². The summed E-state index contributed by atoms with van der Waals surface area (Å²) < 4.78 is 5.91. The number of hydrogen-bond donors (Lipinski definition) is 1. The van der Waals surface area contributed by atoms with Gasteiger partial charge in [-0.1, -0.05) is 36.4 Å². The molecule has 0 amide bonds. The summed E-state index contributed by atoms with van der Waals surface area (Å²) in [5, 5.41) is 3.44. The van der Waals surface area contributed by atoms with E-state index in [1.165, 1.54) is 17.7 Å². The molecule has 3 rings (SSSR count). The molecule has 1 N–H and O–H groups in total. The summed E-state index contributed by atoms with van der Waals surface area (Å²) in [6.45, 7) is 4.94. The average Bonchev–Trinajstić information content (AvgIpc) is 2.83. The number of rotatable bonds is 4. The Morgan fingerprint density at radius 3 is 2.76 bits per heavy atom. The largest absolute Gasteiger partial charge is 0.489 e. The molecule has 0 saturated carbocycles. The summed E-state index contributed by atoms with van der Waals surface area (Å²) in [4.78, 5) is 2.43. The molecule has 110 valence electrons. The summed E-state index contributed by atoms with van der Waals surface area (Å²) in [6, 6.07) is 18.7. The molecular formula is C18H22N2O. The van der Waals surface area contributed by atoms with Crippen LogP contribution in [0.4, 0.5) is 5.69 Å². The van der Waals surface area contributed by atoms with Gasteiger partial charge in [0.1, 0.15) is 12.4 Å². The monoisotopic (exact) mass is 282 g/mol. The number of nitrogens with one attached hydrogen (secondary N) is 1. The van der Waals surface area contributed by atoms with Crippen LogP contribution in [0, 0.1) is 0 Å². The van der Waals surface area contributed by atoms with Gasteiger partial charge in [0.15, 0.2) is 0 Å². The lowest BCUT2D eigenvalue weighted by Crippen LogP contribution is -2.27. The fraction of sp³-hybridized carbons (Fsp3) is 0.333. The Balaban J connectivity index is 1.65. The van der Waals surface area contributed by atoms with Crippen LogP contribution in [0.1, 0.15) is 12.0 Å². The van der Waals surface area contributed by atoms with Crippen LogP contribution in [-0.2, 0) is 6.61 Å². The van der Waals surface area contributed by atoms with Crippen molar-refractivity contribution in [2.45, 2.75) is 13.0 Å². The maximum Gasteiger partial charge on any atom is 0.121 e. The number of benzene rings is 2. The number of anilines is 1. The van der Waals surface area contributed by atoms with Crippen molar-refractivity contribution in [1.82, 2.24) is 5.32 Å². The van der Waals surface area contributed by atoms with Crippen molar-refractivity contribution in [2.24, 2.45) is 0 Å². The summed E-state index contributed by atoms with van der Waals surface area (Å²) in [7, 11) is 0. The van der Waals surface area contributed by atoms with E-state index in [-0.39, 0.29) is 0 Å². The van der Waals surface area contributed by atoms with Gasteiger partial charge in [-0.3, -0.25) is 0 Å². The minimum atomic E-state index is 0.617. The smallest absolute Gasteiger partial charge is 0.121 e. The minimum absolute atomic E-state index is 0.617. The summed E-state index contributed by atoms with van der Waals surface area (Å²) in [6.07, 6.45) is 1.19. The lowest BCUT2D eigenvalue weighted by Gasteiger charge is -2.22. The van der Waals surface area contributed by atoms with Crippen LogP contribution in [0.15, 0.2) is 54.6 Å². The third kappa shape index (κ3) is 3.99. The first kappa shape index (κ1) is 14.0. The van der Waals surface area contributed by atoms with Gasteiger partial charge in [0.25, 0.3) is 0 Å². The van der Waals surface area contributed by atoms with Gasteiger partial charge in [0.2, 0.25) is 0 Å². The van der Waals surface area contributed by atoms with E-state index in [9.17, 15) is 0 Å². The van der Waals surface area contributed by atoms with Crippen LogP contribution in [-0.4, -0.2) is 26.2 Å². The van der Waals surface area contributed by atoms with Crippen molar-refractivity contribution in [3.63, 3.8) is 0 Å². The Hall–Kier alpha value is -2.00. The molecule has 2 aromatic carbocycles. The standard InChI is InChI=1S/C18H22N2O/c1-2-6-16(7-3-1)15-21-18-9-4-8-17(14-18)20-12-5-10-19-11-13-20/h1-4,6-9,14,19H,5,10-13,15H2. The molecule has 0 spiro atoms. The van der Waals surface area contributed by atoms with Crippen LogP contribution in [0.25, 0.3) is 0 Å². The zero-order chi connectivity index (χ0) is 14.3. The predicted octanol–water partition coefficient (Wildman–Crippen LogP) is 3.07. The molecule has 2 aromatic rings. The highest BCUT2D eigenvalue weighted by atomic mass is 16.5. The van der Waals surface area contributed by atoms with E-state index in [1.807, 2.05) is 24.3 Å². The van der Waals surface area contributed by atoms with E-state index in [0.29, 0.717) is 6.61 Å². The second kappa shape index (κ2) is 7.14. The summed E-state index contributed by atoms with van der Waals surface area (Å²) in [5.74, 6) is 0.938. The van der Waals surface area contributed by atoms with E-state index in [0.717, 1.165) is 31.9 Å². The first-order valence-electron chi connectivity index (χ1n) is 7.64. The summed E-state index contributed by atoms with van der Waals surface area (Å²) >= 11 is 0. The molecule has 1 fully saturated rings. The SMILES string of the molecule is c1ccc(COc2cccc(N3CCCNCC3)c2)cc1. The Bertz CT molecular complexity index is 548. The van der Waals surface area contributed by atoms with Crippen LogP contribution >= 0.6 is 0 Å². The van der Waals surface area contributed by atoms with E-state index >= 15 is 0 Å². The van der Waals surface area contributed by atoms with Crippen molar-refractivity contribution < 1.29 is 4.74 Å². The Labute approximate surface area is 126 Å². The maximum absolute atomic E-state index is 5.91. The minimum Gasteiger partial charge on any atom is -0.489 e. The molecule has 0 aromatic heterocycles. The maximum atomic E-state index is 5.91. The molecule has 3 heteroatoms. The van der Waals surface area contributed by atoms with Crippen molar-refractivity contribution in [3.8, 4) is 5.75 Å². The first-order valence-corrected chi connectivity index (χ1v) is 7.64. The summed E-state index contributed by atoms with van der Waals surface area (Å²) in [5.41, 5.74) is 2.45. The van der Waals surface area contributed by atoms with Gasteiger partial charge in [0.05, 0.1) is 0 Å². The van der Waals surface area contributed by atoms with Crippen LogP contribution in [0.5, 0.6) is 5.75 Å². The first-order chi connectivity index (χ1) is 10.4. The third-order valence-electron chi connectivity index (χ3n) is 3.77. The fourth-order valence-corrected chi connectivity index (χ4v) is 2.61. The van der Waals surface area contributed by atoms with Crippen molar-refractivity contribution in [3.05, 3.63) is 60.2 Å². The van der Waals surface area contributed by atoms with Gasteiger partial charge in [-0.25, -0.2) is 0 Å². The van der Waals surface area contributed by atoms with Gasteiger partial charge in [-0.05, 0) is 30.7 Å². The van der Waals surface area contributed by atoms with Crippen molar-refractivity contribution in [1.29, 1.82) is 0 Å². The van der Waals surface area contributed by atoms with Gasteiger partial charge >= 0.3 is 0 Å². The van der Waals surface area contributed by atoms with Crippen molar-refractivity contribution in [2.75, 3.05) is 31.1 Å². The predicted molar refractivity (Wildman–Crippen MR) is 86.9 cm³/mol. The van der Waals surface area contributed by atoms with E-state index in [1.54, 1.807) is 0 Å². The molecule has 1 aliphatic heterocycles. The molecule has 1 heterocycles. The molecule has 1 saturated heterocycles. The molecule has 1 aliphatic rings. The van der Waals surface area contributed by atoms with Crippen LogP contribution in [0.3, 0.4) is 0 Å². The molecule has 0 atom stereocenters. The second-order valence-corrected chi connectivity index (χ2v) is 5.36. The quantitative estimate of drug-likeness (QED) is 0.932. The molecule has 0 aliphatic carbocycles. The molecular weight excluding hydrogens is 260 g/mol. The molecule has 3 nitrogen and oxygen atoms in total. The zero-order valence-corrected chi connectivity index (χ0v) is 12.3. The van der Waals surface area contributed by atoms with E-state index in [2.05, 4.69) is 40.5 Å². The van der Waals surface area contributed by atoms with Gasteiger partial charge < -0.3 is 15.0 Å². The highest BCUT2D eigenvalue weighted by Crippen LogP contribution is 2.22. The highest BCUT2D eigenvalue weighted by molar-refractivity contribution is 5.51. The number of ether oxygens (including phenoxy) is 1. The van der Waals surface area contributed by atoms with E-state index < -0.39 is 0 Å². The number of nitrogens with zero attached hydrogens (tertiary/aromatic N) is 1. The molecule has 0 bridgehead atoms.